The van der Waals surface area contributed by atoms with Crippen LogP contribution in [-0.2, 0) is 14.3 Å². The zero-order chi connectivity index (χ0) is 12.7. The molecule has 0 spiro atoms. The zero-order valence-electron chi connectivity index (χ0n) is 11.2. The van der Waals surface area contributed by atoms with E-state index in [-0.39, 0.29) is 17.9 Å². The molecule has 1 saturated carbocycles. The first kappa shape index (κ1) is 14.5. The lowest BCUT2D eigenvalue weighted by molar-refractivity contribution is -0.145. The summed E-state index contributed by atoms with van der Waals surface area (Å²) in [4.78, 5) is 11.3. The highest BCUT2D eigenvalue weighted by atomic mass is 16.5. The lowest BCUT2D eigenvalue weighted by atomic mass is 10.0. The molecule has 0 aromatic carbocycles. The maximum absolute atomic E-state index is 11.3. The molecule has 0 heterocycles. The van der Waals surface area contributed by atoms with Crippen LogP contribution in [0.2, 0.25) is 0 Å². The van der Waals surface area contributed by atoms with E-state index in [4.69, 9.17) is 9.47 Å². The van der Waals surface area contributed by atoms with Crippen molar-refractivity contribution in [2.45, 2.75) is 39.2 Å². The third-order valence-electron chi connectivity index (χ3n) is 3.31. The van der Waals surface area contributed by atoms with Crippen LogP contribution in [0.15, 0.2) is 0 Å². The Morgan fingerprint density at radius 2 is 2.12 bits per heavy atom. The summed E-state index contributed by atoms with van der Waals surface area (Å²) in [6, 6.07) is 0.144. The quantitative estimate of drug-likeness (QED) is 0.493. The Bertz CT molecular complexity index is 229. The molecule has 2 atom stereocenters. The smallest absolute Gasteiger partial charge is 0.309 e. The van der Waals surface area contributed by atoms with Gasteiger partial charge in [-0.05, 0) is 38.6 Å². The number of hydrogen-bond acceptors (Lipinski definition) is 4. The van der Waals surface area contributed by atoms with Crippen molar-refractivity contribution in [3.05, 3.63) is 0 Å². The molecule has 1 aliphatic rings. The average Bonchev–Trinajstić information content (AvgIpc) is 3.15. The number of carbonyl (C=O) groups excluding carboxylic acids is 1. The second kappa shape index (κ2) is 7.67. The van der Waals surface area contributed by atoms with Gasteiger partial charge in [-0.1, -0.05) is 6.92 Å². The van der Waals surface area contributed by atoms with Gasteiger partial charge < -0.3 is 14.8 Å². The zero-order valence-corrected chi connectivity index (χ0v) is 11.2. The van der Waals surface area contributed by atoms with Crippen LogP contribution in [0.4, 0.5) is 0 Å². The minimum atomic E-state index is -0.157. The maximum Gasteiger partial charge on any atom is 0.309 e. The summed E-state index contributed by atoms with van der Waals surface area (Å²) in [7, 11) is 1.43. The van der Waals surface area contributed by atoms with Gasteiger partial charge in [-0.2, -0.15) is 0 Å². The number of methoxy groups -OCH3 is 1. The fraction of sp³-hybridized carbons (Fsp3) is 0.923. The van der Waals surface area contributed by atoms with Crippen LogP contribution in [-0.4, -0.2) is 38.9 Å². The monoisotopic (exact) mass is 243 g/mol. The van der Waals surface area contributed by atoms with E-state index in [1.165, 1.54) is 20.0 Å². The molecule has 0 aliphatic heterocycles. The predicted molar refractivity (Wildman–Crippen MR) is 66.8 cm³/mol. The third-order valence-corrected chi connectivity index (χ3v) is 3.31. The molecule has 2 unspecified atom stereocenters. The lowest BCUT2D eigenvalue weighted by Crippen LogP contribution is -2.37. The van der Waals surface area contributed by atoms with Gasteiger partial charge >= 0.3 is 5.97 Å². The third kappa shape index (κ3) is 6.03. The van der Waals surface area contributed by atoms with Crippen molar-refractivity contribution < 1.29 is 14.3 Å². The lowest BCUT2D eigenvalue weighted by Gasteiger charge is -2.19. The minimum Gasteiger partial charge on any atom is -0.469 e. The van der Waals surface area contributed by atoms with Crippen molar-refractivity contribution in [2.75, 3.05) is 26.9 Å². The normalized spacial score (nSPS) is 18.8. The average molecular weight is 243 g/mol. The van der Waals surface area contributed by atoms with Crippen LogP contribution in [0.1, 0.15) is 33.1 Å². The molecule has 0 amide bonds. The molecule has 1 N–H and O–H groups in total. The Hall–Kier alpha value is -0.610. The van der Waals surface area contributed by atoms with Crippen molar-refractivity contribution in [1.82, 2.24) is 5.32 Å². The molecule has 1 fully saturated rings. The molecular weight excluding hydrogens is 218 g/mol. The largest absolute Gasteiger partial charge is 0.469 e. The van der Waals surface area contributed by atoms with Crippen molar-refractivity contribution in [2.24, 2.45) is 11.8 Å². The van der Waals surface area contributed by atoms with Crippen molar-refractivity contribution in [1.29, 1.82) is 0 Å². The van der Waals surface area contributed by atoms with Crippen LogP contribution >= 0.6 is 0 Å². The summed E-state index contributed by atoms with van der Waals surface area (Å²) < 4.78 is 10.2. The van der Waals surface area contributed by atoms with Gasteiger partial charge in [-0.3, -0.25) is 4.79 Å². The number of carbonyl (C=O) groups is 1. The van der Waals surface area contributed by atoms with E-state index in [2.05, 4.69) is 5.32 Å². The van der Waals surface area contributed by atoms with E-state index < -0.39 is 0 Å². The molecule has 4 nitrogen and oxygen atoms in total. The van der Waals surface area contributed by atoms with E-state index >= 15 is 0 Å². The summed E-state index contributed by atoms with van der Waals surface area (Å²) in [5.41, 5.74) is 0. The van der Waals surface area contributed by atoms with Gasteiger partial charge in [-0.15, -0.1) is 0 Å². The summed E-state index contributed by atoms with van der Waals surface area (Å²) >= 11 is 0. The molecule has 100 valence electrons. The molecule has 1 aliphatic carbocycles. The molecule has 0 aromatic heterocycles. The number of ether oxygens (including phenoxy) is 2. The topological polar surface area (TPSA) is 47.6 Å². The van der Waals surface area contributed by atoms with E-state index in [1.54, 1.807) is 0 Å². The van der Waals surface area contributed by atoms with Crippen molar-refractivity contribution in [3.63, 3.8) is 0 Å². The van der Waals surface area contributed by atoms with Gasteiger partial charge in [0, 0.05) is 19.3 Å². The van der Waals surface area contributed by atoms with Crippen LogP contribution in [0.25, 0.3) is 0 Å². The van der Waals surface area contributed by atoms with Crippen molar-refractivity contribution in [3.8, 4) is 0 Å². The van der Waals surface area contributed by atoms with Gasteiger partial charge in [0.25, 0.3) is 0 Å². The van der Waals surface area contributed by atoms with Crippen LogP contribution < -0.4 is 5.32 Å². The highest BCUT2D eigenvalue weighted by molar-refractivity contribution is 5.72. The summed E-state index contributed by atoms with van der Waals surface area (Å²) in [5, 5.41) is 3.32. The molecule has 0 radical (unpaired) electrons. The predicted octanol–water partition coefficient (Wildman–Crippen LogP) is 1.59. The molecule has 0 bridgehead atoms. The van der Waals surface area contributed by atoms with Gasteiger partial charge in [0.05, 0.1) is 13.0 Å². The highest BCUT2D eigenvalue weighted by Gasteiger charge is 2.21. The van der Waals surface area contributed by atoms with E-state index in [0.29, 0.717) is 0 Å². The first-order chi connectivity index (χ1) is 8.15. The SMILES string of the molecule is COC(=O)C(C)C(C)NCCCOCC1CC1. The summed E-state index contributed by atoms with van der Waals surface area (Å²) in [6.07, 6.45) is 3.67. The molecule has 0 aromatic rings. The Kier molecular flexibility index (Phi) is 6.52. The Labute approximate surface area is 104 Å². The Morgan fingerprint density at radius 1 is 1.41 bits per heavy atom. The van der Waals surface area contributed by atoms with E-state index in [0.717, 1.165) is 32.1 Å². The van der Waals surface area contributed by atoms with Gasteiger partial charge in [0.15, 0.2) is 0 Å². The van der Waals surface area contributed by atoms with Gasteiger partial charge in [0.1, 0.15) is 0 Å². The van der Waals surface area contributed by atoms with Crippen LogP contribution in [0.3, 0.4) is 0 Å². The molecule has 1 rings (SSSR count). The van der Waals surface area contributed by atoms with Crippen LogP contribution in [0.5, 0.6) is 0 Å². The van der Waals surface area contributed by atoms with Crippen LogP contribution in [0, 0.1) is 11.8 Å². The number of esters is 1. The van der Waals surface area contributed by atoms with Crippen molar-refractivity contribution >= 4 is 5.97 Å². The number of rotatable bonds is 9. The molecular formula is C13H25NO3. The van der Waals surface area contributed by atoms with Gasteiger partial charge in [-0.25, -0.2) is 0 Å². The molecule has 0 saturated heterocycles. The second-order valence-electron chi connectivity index (χ2n) is 4.93. The first-order valence-corrected chi connectivity index (χ1v) is 6.54. The fourth-order valence-electron chi connectivity index (χ4n) is 1.61. The maximum atomic E-state index is 11.3. The Morgan fingerprint density at radius 3 is 2.71 bits per heavy atom. The standard InChI is InChI=1S/C13H25NO3/c1-10(13(15)16-3)11(2)14-7-4-8-17-9-12-5-6-12/h10-12,14H,4-9H2,1-3H3. The molecule has 4 heteroatoms. The van der Waals surface area contributed by atoms with Gasteiger partial charge in [0.2, 0.25) is 0 Å². The minimum absolute atomic E-state index is 0.104. The first-order valence-electron chi connectivity index (χ1n) is 6.54. The summed E-state index contributed by atoms with van der Waals surface area (Å²) in [5.74, 6) is 0.573. The second-order valence-corrected chi connectivity index (χ2v) is 4.93. The number of nitrogens with one attached hydrogen (secondary N) is 1. The highest BCUT2D eigenvalue weighted by Crippen LogP contribution is 2.28. The van der Waals surface area contributed by atoms with E-state index in [9.17, 15) is 4.79 Å². The Balaban J connectivity index is 1.94. The molecule has 17 heavy (non-hydrogen) atoms. The number of hydrogen-bond donors (Lipinski definition) is 1. The summed E-state index contributed by atoms with van der Waals surface area (Å²) in [6.45, 7) is 6.50. The fourth-order valence-corrected chi connectivity index (χ4v) is 1.61. The van der Waals surface area contributed by atoms with E-state index in [1.807, 2.05) is 13.8 Å².